The molecule has 20 heavy (non-hydrogen) atoms. The van der Waals surface area contributed by atoms with Gasteiger partial charge >= 0.3 is 0 Å². The first-order valence-electron chi connectivity index (χ1n) is 8.46. The van der Waals surface area contributed by atoms with Gasteiger partial charge in [-0.1, -0.05) is 20.3 Å². The van der Waals surface area contributed by atoms with Crippen molar-refractivity contribution in [3.05, 3.63) is 0 Å². The molecule has 0 spiro atoms. The minimum atomic E-state index is -0.325. The van der Waals surface area contributed by atoms with E-state index in [0.29, 0.717) is 6.04 Å². The molecule has 1 N–H and O–H groups in total. The molecule has 0 amide bonds. The maximum atomic E-state index is 9.52. The third-order valence-electron chi connectivity index (χ3n) is 4.64. The second-order valence-corrected chi connectivity index (χ2v) is 6.67. The van der Waals surface area contributed by atoms with Crippen LogP contribution in [0.1, 0.15) is 66.2 Å². The first-order chi connectivity index (χ1) is 9.55. The van der Waals surface area contributed by atoms with E-state index in [1.165, 1.54) is 32.4 Å². The third kappa shape index (κ3) is 5.42. The average Bonchev–Trinajstić information content (AvgIpc) is 2.46. The number of rotatable bonds is 8. The molecule has 1 rings (SSSR count). The van der Waals surface area contributed by atoms with Gasteiger partial charge in [0.15, 0.2) is 0 Å². The molecule has 2 unspecified atom stereocenters. The second kappa shape index (κ2) is 8.64. The molecular weight excluding hydrogens is 246 g/mol. The van der Waals surface area contributed by atoms with Crippen molar-refractivity contribution < 1.29 is 0 Å². The summed E-state index contributed by atoms with van der Waals surface area (Å²) < 4.78 is 0. The molecule has 1 saturated heterocycles. The Morgan fingerprint density at radius 1 is 1.40 bits per heavy atom. The zero-order valence-electron chi connectivity index (χ0n) is 13.9. The zero-order valence-corrected chi connectivity index (χ0v) is 13.9. The Labute approximate surface area is 125 Å². The minimum Gasteiger partial charge on any atom is -0.303 e. The van der Waals surface area contributed by atoms with E-state index in [2.05, 4.69) is 44.0 Å². The Balaban J connectivity index is 2.39. The molecule has 2 atom stereocenters. The van der Waals surface area contributed by atoms with Gasteiger partial charge < -0.3 is 4.90 Å². The molecular formula is C17H33N3. The molecule has 0 aromatic carbocycles. The Bertz CT molecular complexity index is 308. The van der Waals surface area contributed by atoms with Crippen LogP contribution in [-0.2, 0) is 0 Å². The molecule has 3 heteroatoms. The van der Waals surface area contributed by atoms with Crippen LogP contribution in [0.5, 0.6) is 0 Å². The number of nitrogens with one attached hydrogen (secondary N) is 1. The Hall–Kier alpha value is -0.590. The van der Waals surface area contributed by atoms with E-state index in [1.807, 2.05) is 0 Å². The van der Waals surface area contributed by atoms with Gasteiger partial charge in [0.1, 0.15) is 5.54 Å². The van der Waals surface area contributed by atoms with E-state index < -0.39 is 0 Å². The van der Waals surface area contributed by atoms with E-state index in [9.17, 15) is 5.26 Å². The average molecular weight is 279 g/mol. The van der Waals surface area contributed by atoms with Crippen molar-refractivity contribution in [2.45, 2.75) is 77.8 Å². The maximum absolute atomic E-state index is 9.52. The fourth-order valence-electron chi connectivity index (χ4n) is 3.36. The van der Waals surface area contributed by atoms with Crippen LogP contribution in [0.15, 0.2) is 0 Å². The van der Waals surface area contributed by atoms with Crippen LogP contribution in [0.25, 0.3) is 0 Å². The number of nitrogens with zero attached hydrogens (tertiary/aromatic N) is 2. The largest absolute Gasteiger partial charge is 0.303 e. The van der Waals surface area contributed by atoms with Gasteiger partial charge in [-0.05, 0) is 65.0 Å². The molecule has 0 aromatic rings. The van der Waals surface area contributed by atoms with Gasteiger partial charge in [0.25, 0.3) is 0 Å². The molecule has 0 bridgehead atoms. The second-order valence-electron chi connectivity index (χ2n) is 6.67. The van der Waals surface area contributed by atoms with Crippen LogP contribution in [-0.4, -0.2) is 36.1 Å². The van der Waals surface area contributed by atoms with Crippen molar-refractivity contribution in [3.8, 4) is 6.07 Å². The van der Waals surface area contributed by atoms with E-state index in [1.54, 1.807) is 0 Å². The lowest BCUT2D eigenvalue weighted by Crippen LogP contribution is -2.47. The first kappa shape index (κ1) is 17.5. The quantitative estimate of drug-likeness (QED) is 0.738. The molecule has 3 nitrogen and oxygen atoms in total. The highest BCUT2D eigenvalue weighted by Gasteiger charge is 2.28. The Morgan fingerprint density at radius 3 is 2.70 bits per heavy atom. The maximum Gasteiger partial charge on any atom is 0.106 e. The van der Waals surface area contributed by atoms with Crippen LogP contribution in [0.2, 0.25) is 0 Å². The smallest absolute Gasteiger partial charge is 0.106 e. The Morgan fingerprint density at radius 2 is 2.15 bits per heavy atom. The zero-order chi connectivity index (χ0) is 15.0. The number of hydrogen-bond acceptors (Lipinski definition) is 3. The van der Waals surface area contributed by atoms with Crippen molar-refractivity contribution in [1.29, 1.82) is 5.26 Å². The van der Waals surface area contributed by atoms with E-state index in [0.717, 1.165) is 31.7 Å². The third-order valence-corrected chi connectivity index (χ3v) is 4.64. The summed E-state index contributed by atoms with van der Waals surface area (Å²) in [5.41, 5.74) is -0.325. The summed E-state index contributed by atoms with van der Waals surface area (Å²) in [5, 5.41) is 13.0. The summed E-state index contributed by atoms with van der Waals surface area (Å²) in [5.74, 6) is 0.893. The van der Waals surface area contributed by atoms with Gasteiger partial charge in [-0.25, -0.2) is 0 Å². The lowest BCUT2D eigenvalue weighted by atomic mass is 9.90. The lowest BCUT2D eigenvalue weighted by Gasteiger charge is -2.34. The summed E-state index contributed by atoms with van der Waals surface area (Å²) in [4.78, 5) is 2.60. The lowest BCUT2D eigenvalue weighted by molar-refractivity contribution is 0.164. The molecule has 1 aliphatic rings. The SMILES string of the molecule is CCC1CCCN(CCCC(C#N)(CC)NC(C)C)C1. The van der Waals surface area contributed by atoms with Crippen molar-refractivity contribution in [2.24, 2.45) is 5.92 Å². The van der Waals surface area contributed by atoms with Crippen LogP contribution < -0.4 is 5.32 Å². The Kier molecular flexibility index (Phi) is 7.55. The highest BCUT2D eigenvalue weighted by molar-refractivity contribution is 5.06. The number of likely N-dealkylation sites (tertiary alicyclic amines) is 1. The number of hydrogen-bond donors (Lipinski definition) is 1. The monoisotopic (exact) mass is 279 g/mol. The van der Waals surface area contributed by atoms with Gasteiger partial charge in [-0.3, -0.25) is 5.32 Å². The first-order valence-corrected chi connectivity index (χ1v) is 8.46. The summed E-state index contributed by atoms with van der Waals surface area (Å²) in [7, 11) is 0. The normalized spacial score (nSPS) is 23.5. The van der Waals surface area contributed by atoms with E-state index in [-0.39, 0.29) is 5.54 Å². The predicted octanol–water partition coefficient (Wildman–Crippen LogP) is 3.56. The van der Waals surface area contributed by atoms with Gasteiger partial charge in [0.05, 0.1) is 6.07 Å². The van der Waals surface area contributed by atoms with Gasteiger partial charge in [0.2, 0.25) is 0 Å². The minimum absolute atomic E-state index is 0.325. The van der Waals surface area contributed by atoms with Gasteiger partial charge in [0, 0.05) is 12.6 Å². The fraction of sp³-hybridized carbons (Fsp3) is 0.941. The molecule has 1 fully saturated rings. The van der Waals surface area contributed by atoms with Crippen molar-refractivity contribution >= 4 is 0 Å². The summed E-state index contributed by atoms with van der Waals surface area (Å²) in [6, 6.07) is 2.89. The topological polar surface area (TPSA) is 39.1 Å². The van der Waals surface area contributed by atoms with E-state index >= 15 is 0 Å². The van der Waals surface area contributed by atoms with Gasteiger partial charge in [-0.15, -0.1) is 0 Å². The predicted molar refractivity (Wildman–Crippen MR) is 85.6 cm³/mol. The molecule has 1 aliphatic heterocycles. The summed E-state index contributed by atoms with van der Waals surface area (Å²) in [6.07, 6.45) is 7.03. The number of piperidine rings is 1. The highest BCUT2D eigenvalue weighted by Crippen LogP contribution is 2.22. The summed E-state index contributed by atoms with van der Waals surface area (Å²) in [6.45, 7) is 12.3. The molecule has 0 saturated carbocycles. The fourth-order valence-corrected chi connectivity index (χ4v) is 3.36. The standard InChI is InChI=1S/C17H33N3/c1-5-16-9-7-11-20(13-16)12-8-10-17(6-2,14-18)19-15(3)4/h15-16,19H,5-13H2,1-4H3. The molecule has 0 radical (unpaired) electrons. The molecule has 1 heterocycles. The summed E-state index contributed by atoms with van der Waals surface area (Å²) >= 11 is 0. The molecule has 0 aliphatic carbocycles. The number of nitriles is 1. The highest BCUT2D eigenvalue weighted by atomic mass is 15.1. The molecule has 116 valence electrons. The van der Waals surface area contributed by atoms with Crippen molar-refractivity contribution in [1.82, 2.24) is 10.2 Å². The van der Waals surface area contributed by atoms with Crippen molar-refractivity contribution in [2.75, 3.05) is 19.6 Å². The van der Waals surface area contributed by atoms with Crippen molar-refractivity contribution in [3.63, 3.8) is 0 Å². The van der Waals surface area contributed by atoms with Crippen LogP contribution >= 0.6 is 0 Å². The van der Waals surface area contributed by atoms with Crippen LogP contribution in [0.3, 0.4) is 0 Å². The van der Waals surface area contributed by atoms with Crippen LogP contribution in [0.4, 0.5) is 0 Å². The molecule has 0 aromatic heterocycles. The van der Waals surface area contributed by atoms with E-state index in [4.69, 9.17) is 0 Å². The van der Waals surface area contributed by atoms with Crippen LogP contribution in [0, 0.1) is 17.2 Å². The van der Waals surface area contributed by atoms with Gasteiger partial charge in [-0.2, -0.15) is 5.26 Å².